The molecule has 0 aromatic heterocycles. The second-order valence-corrected chi connectivity index (χ2v) is 7.64. The maximum Gasteiger partial charge on any atom is 0.335 e. The molecule has 6 heteroatoms. The van der Waals surface area contributed by atoms with E-state index in [2.05, 4.69) is 0 Å². The first-order valence-electron chi connectivity index (χ1n) is 9.34. The monoisotopic (exact) mass is 409 g/mol. The maximum absolute atomic E-state index is 12.2. The van der Waals surface area contributed by atoms with Crippen molar-refractivity contribution in [2.75, 3.05) is 4.31 Å². The molecule has 29 heavy (non-hydrogen) atoms. The number of carbonyl (C=O) groups is 1. The first kappa shape index (κ1) is 20.8. The first-order chi connectivity index (χ1) is 14.0. The van der Waals surface area contributed by atoms with Crippen LogP contribution < -0.4 is 4.31 Å². The molecule has 150 valence electrons. The fraction of sp³-hybridized carbons (Fsp3) is 0.174. The van der Waals surface area contributed by atoms with E-state index in [9.17, 15) is 18.7 Å². The summed E-state index contributed by atoms with van der Waals surface area (Å²) in [6, 6.07) is 22.0. The van der Waals surface area contributed by atoms with Gasteiger partial charge in [-0.1, -0.05) is 48.5 Å². The highest BCUT2D eigenvalue weighted by Gasteiger charge is 2.18. The molecule has 0 aliphatic carbocycles. The Morgan fingerprint density at radius 3 is 2.28 bits per heavy atom. The van der Waals surface area contributed by atoms with E-state index in [1.54, 1.807) is 18.2 Å². The molecule has 0 bridgehead atoms. The molecule has 3 aromatic rings. The highest BCUT2D eigenvalue weighted by molar-refractivity contribution is 7.81. The van der Waals surface area contributed by atoms with Gasteiger partial charge in [-0.3, -0.25) is 4.55 Å². The number of hydrogen-bond donors (Lipinski definition) is 2. The molecule has 0 aliphatic heterocycles. The highest BCUT2D eigenvalue weighted by Crippen LogP contribution is 2.31. The van der Waals surface area contributed by atoms with E-state index < -0.39 is 17.2 Å². The van der Waals surface area contributed by atoms with Crippen molar-refractivity contribution in [1.82, 2.24) is 0 Å². The number of rotatable bonds is 8. The van der Waals surface area contributed by atoms with Gasteiger partial charge < -0.3 is 5.11 Å². The van der Waals surface area contributed by atoms with Gasteiger partial charge in [-0.05, 0) is 67.1 Å². The summed E-state index contributed by atoms with van der Waals surface area (Å²) < 4.78 is 23.5. The van der Waals surface area contributed by atoms with E-state index in [1.807, 2.05) is 61.5 Å². The molecule has 0 radical (unpaired) electrons. The molecule has 1 atom stereocenters. The number of benzene rings is 3. The average Bonchev–Trinajstić information content (AvgIpc) is 2.69. The van der Waals surface area contributed by atoms with Crippen LogP contribution in [0.25, 0.3) is 0 Å². The van der Waals surface area contributed by atoms with E-state index in [1.165, 1.54) is 4.31 Å². The standard InChI is InChI=1S/C23H23NO4S/c1-17-8-6-13-20(16-17)24(29(27)28)22-15-5-3-10-19(22)12-7-11-18-9-2-4-14-21(18)23(25)26/h2-6,8-10,13-16H,7,11-12H2,1H3,(H,25,26)(H,27,28). The minimum Gasteiger partial charge on any atom is -0.478 e. The van der Waals surface area contributed by atoms with E-state index in [4.69, 9.17) is 0 Å². The van der Waals surface area contributed by atoms with Gasteiger partial charge in [0.15, 0.2) is 0 Å². The third kappa shape index (κ3) is 5.10. The second-order valence-electron chi connectivity index (χ2n) is 6.81. The van der Waals surface area contributed by atoms with Crippen molar-refractivity contribution in [2.24, 2.45) is 0 Å². The van der Waals surface area contributed by atoms with Gasteiger partial charge in [0.2, 0.25) is 0 Å². The summed E-state index contributed by atoms with van der Waals surface area (Å²) in [6.45, 7) is 1.94. The minimum atomic E-state index is -2.22. The molecule has 0 saturated heterocycles. The Labute approximate surface area is 173 Å². The van der Waals surface area contributed by atoms with E-state index in [-0.39, 0.29) is 0 Å². The quantitative estimate of drug-likeness (QED) is 0.505. The molecule has 0 heterocycles. The molecule has 5 nitrogen and oxygen atoms in total. The van der Waals surface area contributed by atoms with Gasteiger partial charge in [-0.15, -0.1) is 0 Å². The van der Waals surface area contributed by atoms with Crippen LogP contribution in [0.2, 0.25) is 0 Å². The number of aryl methyl sites for hydroxylation is 3. The first-order valence-corrected chi connectivity index (χ1v) is 10.4. The highest BCUT2D eigenvalue weighted by atomic mass is 32.2. The average molecular weight is 410 g/mol. The zero-order valence-corrected chi connectivity index (χ0v) is 16.9. The number of anilines is 2. The molecule has 3 aromatic carbocycles. The largest absolute Gasteiger partial charge is 0.478 e. The summed E-state index contributed by atoms with van der Waals surface area (Å²) in [5.41, 5.74) is 4.36. The molecule has 0 spiro atoms. The number of carboxylic acid groups (broad SMARTS) is 1. The molecule has 0 amide bonds. The summed E-state index contributed by atoms with van der Waals surface area (Å²) in [7, 11) is 0. The number of para-hydroxylation sites is 1. The van der Waals surface area contributed by atoms with Gasteiger partial charge in [0.05, 0.1) is 16.9 Å². The van der Waals surface area contributed by atoms with Crippen molar-refractivity contribution in [1.29, 1.82) is 0 Å². The Kier molecular flexibility index (Phi) is 6.80. The summed E-state index contributed by atoms with van der Waals surface area (Å²) in [5.74, 6) is -0.928. The van der Waals surface area contributed by atoms with Crippen LogP contribution in [0.3, 0.4) is 0 Å². The molecule has 0 aliphatic rings. The van der Waals surface area contributed by atoms with Crippen molar-refractivity contribution < 1.29 is 18.7 Å². The molecular formula is C23H23NO4S. The van der Waals surface area contributed by atoms with Gasteiger partial charge in [0, 0.05) is 0 Å². The summed E-state index contributed by atoms with van der Waals surface area (Å²) in [6.07, 6.45) is 1.99. The van der Waals surface area contributed by atoms with Crippen LogP contribution in [-0.4, -0.2) is 19.8 Å². The lowest BCUT2D eigenvalue weighted by molar-refractivity contribution is 0.0695. The zero-order chi connectivity index (χ0) is 20.8. The van der Waals surface area contributed by atoms with E-state index in [0.29, 0.717) is 29.8 Å². The Balaban J connectivity index is 1.83. The van der Waals surface area contributed by atoms with Crippen molar-refractivity contribution in [2.45, 2.75) is 26.2 Å². The third-order valence-electron chi connectivity index (χ3n) is 4.74. The van der Waals surface area contributed by atoms with Gasteiger partial charge in [0.1, 0.15) is 0 Å². The van der Waals surface area contributed by atoms with Crippen molar-refractivity contribution in [3.05, 3.63) is 95.1 Å². The second kappa shape index (κ2) is 9.49. The van der Waals surface area contributed by atoms with Gasteiger partial charge in [-0.2, -0.15) is 0 Å². The van der Waals surface area contributed by atoms with E-state index >= 15 is 0 Å². The normalized spacial score (nSPS) is 11.8. The smallest absolute Gasteiger partial charge is 0.335 e. The summed E-state index contributed by atoms with van der Waals surface area (Å²) in [5, 5.41) is 9.34. The number of hydrogen-bond acceptors (Lipinski definition) is 2. The van der Waals surface area contributed by atoms with Crippen LogP contribution in [0.4, 0.5) is 11.4 Å². The Bertz CT molecular complexity index is 1030. The number of carboxylic acids is 1. The topological polar surface area (TPSA) is 77.8 Å². The molecule has 2 N–H and O–H groups in total. The van der Waals surface area contributed by atoms with Crippen LogP contribution in [0, 0.1) is 6.92 Å². The van der Waals surface area contributed by atoms with Crippen LogP contribution in [0.5, 0.6) is 0 Å². The molecule has 3 rings (SSSR count). The van der Waals surface area contributed by atoms with Crippen LogP contribution in [0.15, 0.2) is 72.8 Å². The molecule has 0 saturated carbocycles. The predicted octanol–water partition coefficient (Wildman–Crippen LogP) is 5.14. The zero-order valence-electron chi connectivity index (χ0n) is 16.1. The van der Waals surface area contributed by atoms with Gasteiger partial charge >= 0.3 is 5.97 Å². The minimum absolute atomic E-state index is 0.318. The fourth-order valence-electron chi connectivity index (χ4n) is 3.40. The Morgan fingerprint density at radius 2 is 1.59 bits per heavy atom. The maximum atomic E-state index is 12.2. The molecular weight excluding hydrogens is 386 g/mol. The molecule has 0 fully saturated rings. The Hall–Kier alpha value is -2.96. The van der Waals surface area contributed by atoms with Crippen LogP contribution in [0.1, 0.15) is 33.5 Å². The summed E-state index contributed by atoms with van der Waals surface area (Å²) >= 11 is -2.22. The SMILES string of the molecule is Cc1cccc(N(c2ccccc2CCCc2ccccc2C(=O)O)S(=O)O)c1. The van der Waals surface area contributed by atoms with E-state index in [0.717, 1.165) is 23.1 Å². The molecule has 1 unspecified atom stereocenters. The van der Waals surface area contributed by atoms with Crippen LogP contribution in [-0.2, 0) is 24.1 Å². The lowest BCUT2D eigenvalue weighted by Gasteiger charge is -2.23. The predicted molar refractivity (Wildman–Crippen MR) is 116 cm³/mol. The summed E-state index contributed by atoms with van der Waals surface area (Å²) in [4.78, 5) is 11.4. The number of nitrogens with zero attached hydrogens (tertiary/aromatic N) is 1. The Morgan fingerprint density at radius 1 is 0.931 bits per heavy atom. The van der Waals surface area contributed by atoms with Gasteiger partial charge in [-0.25, -0.2) is 13.3 Å². The lowest BCUT2D eigenvalue weighted by atomic mass is 9.99. The van der Waals surface area contributed by atoms with Crippen LogP contribution >= 0.6 is 0 Å². The van der Waals surface area contributed by atoms with Crippen molar-refractivity contribution in [3.63, 3.8) is 0 Å². The van der Waals surface area contributed by atoms with Gasteiger partial charge in [0.25, 0.3) is 11.3 Å². The number of aromatic carboxylic acids is 1. The van der Waals surface area contributed by atoms with Crippen molar-refractivity contribution in [3.8, 4) is 0 Å². The lowest BCUT2D eigenvalue weighted by Crippen LogP contribution is -2.20. The fourth-order valence-corrected chi connectivity index (χ4v) is 4.04. The van der Waals surface area contributed by atoms with Crippen molar-refractivity contribution >= 4 is 28.6 Å². The third-order valence-corrected chi connectivity index (χ3v) is 5.46.